The van der Waals surface area contributed by atoms with Crippen LogP contribution in [0, 0.1) is 5.82 Å². The van der Waals surface area contributed by atoms with Gasteiger partial charge < -0.3 is 14.4 Å². The van der Waals surface area contributed by atoms with Crippen molar-refractivity contribution >= 4 is 11.8 Å². The van der Waals surface area contributed by atoms with Gasteiger partial charge in [0.25, 0.3) is 0 Å². The van der Waals surface area contributed by atoms with Crippen LogP contribution >= 0.6 is 0 Å². The number of anilines is 1. The second kappa shape index (κ2) is 7.41. The van der Waals surface area contributed by atoms with E-state index < -0.39 is 5.60 Å². The standard InChI is InChI=1S/C20H23FN2O3/c1-20(2,3)26-19(24)15-8-9-22-18(12-15)23-10-11-25-17(13-23)14-4-6-16(21)7-5-14/h4-9,12,17H,10-11,13H2,1-3H3/t17-/m1/s1. The van der Waals surface area contributed by atoms with Crippen LogP contribution in [-0.2, 0) is 9.47 Å². The number of morpholine rings is 1. The lowest BCUT2D eigenvalue weighted by molar-refractivity contribution is 0.00694. The summed E-state index contributed by atoms with van der Waals surface area (Å²) in [6.07, 6.45) is 1.44. The number of esters is 1. The highest BCUT2D eigenvalue weighted by atomic mass is 19.1. The Morgan fingerprint density at radius 2 is 2.00 bits per heavy atom. The quantitative estimate of drug-likeness (QED) is 0.782. The molecule has 6 heteroatoms. The van der Waals surface area contributed by atoms with Gasteiger partial charge in [0.2, 0.25) is 0 Å². The molecule has 5 nitrogen and oxygen atoms in total. The second-order valence-corrected chi connectivity index (χ2v) is 7.26. The Morgan fingerprint density at radius 1 is 1.27 bits per heavy atom. The van der Waals surface area contributed by atoms with Crippen LogP contribution in [0.1, 0.15) is 42.8 Å². The molecule has 2 aromatic rings. The summed E-state index contributed by atoms with van der Waals surface area (Å²) in [4.78, 5) is 18.7. The van der Waals surface area contributed by atoms with Gasteiger partial charge in [0, 0.05) is 19.3 Å². The molecule has 26 heavy (non-hydrogen) atoms. The summed E-state index contributed by atoms with van der Waals surface area (Å²) >= 11 is 0. The fraction of sp³-hybridized carbons (Fsp3) is 0.400. The molecule has 138 valence electrons. The van der Waals surface area contributed by atoms with Gasteiger partial charge in [-0.25, -0.2) is 14.2 Å². The summed E-state index contributed by atoms with van der Waals surface area (Å²) < 4.78 is 24.4. The van der Waals surface area contributed by atoms with Crippen molar-refractivity contribution in [2.45, 2.75) is 32.5 Å². The van der Waals surface area contributed by atoms with E-state index in [0.29, 0.717) is 31.1 Å². The minimum atomic E-state index is -0.548. The van der Waals surface area contributed by atoms with Crippen molar-refractivity contribution < 1.29 is 18.7 Å². The Bertz CT molecular complexity index is 771. The smallest absolute Gasteiger partial charge is 0.338 e. The zero-order valence-electron chi connectivity index (χ0n) is 15.2. The number of carbonyl (C=O) groups is 1. The summed E-state index contributed by atoms with van der Waals surface area (Å²) in [5, 5.41) is 0. The predicted octanol–water partition coefficient (Wildman–Crippen LogP) is 3.75. The molecule has 0 aliphatic carbocycles. The van der Waals surface area contributed by atoms with E-state index >= 15 is 0 Å². The number of pyridine rings is 1. The van der Waals surface area contributed by atoms with Gasteiger partial charge in [-0.3, -0.25) is 0 Å². The zero-order chi connectivity index (χ0) is 18.7. The zero-order valence-corrected chi connectivity index (χ0v) is 15.2. The second-order valence-electron chi connectivity index (χ2n) is 7.26. The van der Waals surface area contributed by atoms with E-state index in [-0.39, 0.29) is 17.9 Å². The Hall–Kier alpha value is -2.47. The highest BCUT2D eigenvalue weighted by Crippen LogP contribution is 2.26. The van der Waals surface area contributed by atoms with E-state index in [9.17, 15) is 9.18 Å². The first kappa shape index (κ1) is 18.3. The van der Waals surface area contributed by atoms with Gasteiger partial charge in [0.05, 0.1) is 12.2 Å². The third-order valence-corrected chi connectivity index (χ3v) is 4.01. The number of rotatable bonds is 3. The molecule has 0 radical (unpaired) electrons. The molecule has 0 saturated carbocycles. The molecular weight excluding hydrogens is 335 g/mol. The van der Waals surface area contributed by atoms with Crippen molar-refractivity contribution in [3.8, 4) is 0 Å². The van der Waals surface area contributed by atoms with Crippen molar-refractivity contribution in [3.63, 3.8) is 0 Å². The molecule has 1 aliphatic heterocycles. The fourth-order valence-electron chi connectivity index (χ4n) is 2.79. The summed E-state index contributed by atoms with van der Waals surface area (Å²) in [5.41, 5.74) is 0.835. The first-order valence-electron chi connectivity index (χ1n) is 8.63. The third-order valence-electron chi connectivity index (χ3n) is 4.01. The Labute approximate surface area is 152 Å². The Morgan fingerprint density at radius 3 is 2.69 bits per heavy atom. The first-order valence-corrected chi connectivity index (χ1v) is 8.63. The predicted molar refractivity (Wildman–Crippen MR) is 96.7 cm³/mol. The van der Waals surface area contributed by atoms with Crippen LogP contribution in [0.15, 0.2) is 42.6 Å². The minimum Gasteiger partial charge on any atom is -0.456 e. The molecule has 2 heterocycles. The van der Waals surface area contributed by atoms with Gasteiger partial charge in [-0.1, -0.05) is 12.1 Å². The lowest BCUT2D eigenvalue weighted by Gasteiger charge is -2.34. The summed E-state index contributed by atoms with van der Waals surface area (Å²) in [6, 6.07) is 9.71. The number of benzene rings is 1. The van der Waals surface area contributed by atoms with Crippen molar-refractivity contribution in [2.75, 3.05) is 24.6 Å². The molecule has 3 rings (SSSR count). The van der Waals surface area contributed by atoms with Gasteiger partial charge >= 0.3 is 5.97 Å². The van der Waals surface area contributed by atoms with Gasteiger partial charge in [0.15, 0.2) is 0 Å². The molecule has 1 aromatic carbocycles. The van der Waals surface area contributed by atoms with E-state index in [1.807, 2.05) is 20.8 Å². The van der Waals surface area contributed by atoms with Crippen LogP contribution in [0.4, 0.5) is 10.2 Å². The maximum atomic E-state index is 13.1. The van der Waals surface area contributed by atoms with Crippen LogP contribution in [-0.4, -0.2) is 36.3 Å². The Balaban J connectivity index is 1.75. The first-order chi connectivity index (χ1) is 12.3. The highest BCUT2D eigenvalue weighted by molar-refractivity contribution is 5.90. The molecule has 0 bridgehead atoms. The molecule has 1 atom stereocenters. The van der Waals surface area contributed by atoms with Crippen molar-refractivity contribution in [1.82, 2.24) is 4.98 Å². The highest BCUT2D eigenvalue weighted by Gasteiger charge is 2.24. The van der Waals surface area contributed by atoms with Gasteiger partial charge in [0.1, 0.15) is 23.3 Å². The summed E-state index contributed by atoms with van der Waals surface area (Å²) in [6.45, 7) is 7.28. The SMILES string of the molecule is CC(C)(C)OC(=O)c1ccnc(N2CCO[C@@H](c3ccc(F)cc3)C2)c1. The van der Waals surface area contributed by atoms with E-state index in [1.165, 1.54) is 12.1 Å². The number of hydrogen-bond donors (Lipinski definition) is 0. The van der Waals surface area contributed by atoms with Crippen LogP contribution in [0.2, 0.25) is 0 Å². The van der Waals surface area contributed by atoms with Gasteiger partial charge in [-0.15, -0.1) is 0 Å². The molecule has 0 spiro atoms. The average molecular weight is 358 g/mol. The van der Waals surface area contributed by atoms with Crippen LogP contribution < -0.4 is 4.90 Å². The number of halogens is 1. The fourth-order valence-corrected chi connectivity index (χ4v) is 2.79. The number of nitrogens with zero attached hydrogens (tertiary/aromatic N) is 2. The normalized spacial score (nSPS) is 17.8. The van der Waals surface area contributed by atoms with Crippen LogP contribution in [0.5, 0.6) is 0 Å². The molecule has 0 N–H and O–H groups in total. The molecule has 0 unspecified atom stereocenters. The molecular formula is C20H23FN2O3. The van der Waals surface area contributed by atoms with Gasteiger partial charge in [-0.2, -0.15) is 0 Å². The average Bonchev–Trinajstić information content (AvgIpc) is 2.61. The lowest BCUT2D eigenvalue weighted by atomic mass is 10.1. The maximum Gasteiger partial charge on any atom is 0.338 e. The third kappa shape index (κ3) is 4.58. The monoisotopic (exact) mass is 358 g/mol. The van der Waals surface area contributed by atoms with Crippen molar-refractivity contribution in [1.29, 1.82) is 0 Å². The number of hydrogen-bond acceptors (Lipinski definition) is 5. The summed E-state index contributed by atoms with van der Waals surface area (Å²) in [7, 11) is 0. The van der Waals surface area contributed by atoms with Crippen molar-refractivity contribution in [2.24, 2.45) is 0 Å². The largest absolute Gasteiger partial charge is 0.456 e. The van der Waals surface area contributed by atoms with Crippen molar-refractivity contribution in [3.05, 3.63) is 59.5 Å². The maximum absolute atomic E-state index is 13.1. The minimum absolute atomic E-state index is 0.170. The number of carbonyl (C=O) groups excluding carboxylic acids is 1. The lowest BCUT2D eigenvalue weighted by Crippen LogP contribution is -2.39. The Kier molecular flexibility index (Phi) is 5.23. The van der Waals surface area contributed by atoms with E-state index in [0.717, 1.165) is 5.56 Å². The van der Waals surface area contributed by atoms with Crippen LogP contribution in [0.3, 0.4) is 0 Å². The topological polar surface area (TPSA) is 51.7 Å². The molecule has 1 aliphatic rings. The summed E-state index contributed by atoms with van der Waals surface area (Å²) in [5.74, 6) is 0.0569. The molecule has 1 saturated heterocycles. The number of aromatic nitrogens is 1. The van der Waals surface area contributed by atoms with Gasteiger partial charge in [-0.05, 0) is 50.6 Å². The molecule has 0 amide bonds. The molecule has 1 aromatic heterocycles. The van der Waals surface area contributed by atoms with E-state index in [2.05, 4.69) is 9.88 Å². The number of ether oxygens (including phenoxy) is 2. The molecule has 1 fully saturated rings. The van der Waals surface area contributed by atoms with E-state index in [1.54, 1.807) is 30.5 Å². The van der Waals surface area contributed by atoms with E-state index in [4.69, 9.17) is 9.47 Å². The van der Waals surface area contributed by atoms with Crippen LogP contribution in [0.25, 0.3) is 0 Å².